The molecule has 278 valence electrons. The molecule has 9 N–H and O–H groups in total. The molecule has 0 aliphatic carbocycles. The molecule has 14 heteroatoms. The number of rotatable bonds is 22. The number of ether oxygens (including phenoxy) is 1. The molecule has 0 saturated heterocycles. The lowest BCUT2D eigenvalue weighted by molar-refractivity contribution is -0.142. The highest BCUT2D eigenvalue weighted by atomic mass is 16.5. The summed E-state index contributed by atoms with van der Waals surface area (Å²) in [5.74, 6) is -5.35. The predicted molar refractivity (Wildman–Crippen MR) is 194 cm³/mol. The van der Waals surface area contributed by atoms with Crippen LogP contribution in [0.4, 0.5) is 4.79 Å². The zero-order chi connectivity index (χ0) is 37.9. The molecule has 0 heterocycles. The van der Waals surface area contributed by atoms with E-state index in [0.717, 1.165) is 11.1 Å². The highest BCUT2D eigenvalue weighted by Gasteiger charge is 2.36. The molecule has 14 nitrogen and oxygen atoms in total. The second-order valence-electron chi connectivity index (χ2n) is 13.1. The molecule has 2 rings (SSSR count). The van der Waals surface area contributed by atoms with Gasteiger partial charge < -0.3 is 37.9 Å². The minimum absolute atomic E-state index is 0.00799. The van der Waals surface area contributed by atoms with Gasteiger partial charge in [0.15, 0.2) is 11.7 Å². The summed E-state index contributed by atoms with van der Waals surface area (Å²) in [4.78, 5) is 82.9. The van der Waals surface area contributed by atoms with Crippen molar-refractivity contribution < 1.29 is 33.5 Å². The van der Waals surface area contributed by atoms with Crippen LogP contribution in [-0.4, -0.2) is 66.0 Å². The van der Waals surface area contributed by atoms with Crippen LogP contribution in [0, 0.1) is 17.8 Å². The molecule has 2 aromatic rings. The molecule has 2 aromatic carbocycles. The van der Waals surface area contributed by atoms with Crippen molar-refractivity contribution in [2.24, 2.45) is 39.9 Å². The monoisotopic (exact) mass is 707 g/mol. The Morgan fingerprint density at radius 1 is 0.804 bits per heavy atom. The van der Waals surface area contributed by atoms with Gasteiger partial charge in [0, 0.05) is 18.9 Å². The third-order valence-electron chi connectivity index (χ3n) is 8.36. The number of amides is 4. The van der Waals surface area contributed by atoms with Gasteiger partial charge in [-0.25, -0.2) is 4.79 Å². The number of nitrogens with two attached hydrogens (primary N) is 3. The van der Waals surface area contributed by atoms with Gasteiger partial charge >= 0.3 is 6.09 Å². The van der Waals surface area contributed by atoms with Crippen LogP contribution in [0.15, 0.2) is 65.7 Å². The van der Waals surface area contributed by atoms with Gasteiger partial charge in [-0.3, -0.25) is 29.0 Å². The number of guanidine groups is 1. The van der Waals surface area contributed by atoms with Crippen LogP contribution in [0.2, 0.25) is 0 Å². The van der Waals surface area contributed by atoms with Crippen LogP contribution in [-0.2, 0) is 41.7 Å². The summed E-state index contributed by atoms with van der Waals surface area (Å²) in [6.45, 7) is 7.50. The third-order valence-corrected chi connectivity index (χ3v) is 8.36. The number of carbonyl (C=O) groups excluding carboxylic acids is 6. The van der Waals surface area contributed by atoms with E-state index in [4.69, 9.17) is 21.9 Å². The minimum Gasteiger partial charge on any atom is -0.445 e. The van der Waals surface area contributed by atoms with Crippen LogP contribution in [0.3, 0.4) is 0 Å². The van der Waals surface area contributed by atoms with Crippen molar-refractivity contribution in [1.29, 1.82) is 0 Å². The van der Waals surface area contributed by atoms with E-state index in [0.29, 0.717) is 19.3 Å². The lowest BCUT2D eigenvalue weighted by Crippen LogP contribution is -2.55. The smallest absolute Gasteiger partial charge is 0.408 e. The third kappa shape index (κ3) is 15.4. The molecule has 5 unspecified atom stereocenters. The Labute approximate surface area is 299 Å². The Morgan fingerprint density at radius 3 is 1.96 bits per heavy atom. The summed E-state index contributed by atoms with van der Waals surface area (Å²) in [5.41, 5.74) is 17.7. The molecule has 0 saturated carbocycles. The second-order valence-corrected chi connectivity index (χ2v) is 13.1. The van der Waals surface area contributed by atoms with Gasteiger partial charge in [-0.2, -0.15) is 0 Å². The quantitative estimate of drug-likeness (QED) is 0.0455. The first kappa shape index (κ1) is 41.9. The first-order chi connectivity index (χ1) is 24.2. The molecule has 5 atom stereocenters. The fourth-order valence-corrected chi connectivity index (χ4v) is 5.37. The number of benzene rings is 2. The van der Waals surface area contributed by atoms with E-state index in [1.807, 2.05) is 74.5 Å². The Morgan fingerprint density at radius 2 is 1.41 bits per heavy atom. The molecule has 0 fully saturated rings. The Bertz CT molecular complexity index is 1480. The summed E-state index contributed by atoms with van der Waals surface area (Å²) >= 11 is 0. The van der Waals surface area contributed by atoms with E-state index < -0.39 is 65.3 Å². The first-order valence-electron chi connectivity index (χ1n) is 17.2. The second kappa shape index (κ2) is 21.7. The molecule has 0 spiro atoms. The van der Waals surface area contributed by atoms with Crippen LogP contribution < -0.4 is 33.2 Å². The topological polar surface area (TPSA) is 238 Å². The summed E-state index contributed by atoms with van der Waals surface area (Å²) in [6.07, 6.45) is 0.260. The molecule has 0 bridgehead atoms. The van der Waals surface area contributed by atoms with E-state index in [1.54, 1.807) is 13.8 Å². The molecule has 51 heavy (non-hydrogen) atoms. The fraction of sp³-hybridized carbons (Fsp3) is 0.486. The van der Waals surface area contributed by atoms with Gasteiger partial charge in [0.1, 0.15) is 12.6 Å². The molecule has 0 radical (unpaired) electrons. The van der Waals surface area contributed by atoms with E-state index in [9.17, 15) is 28.8 Å². The molecule has 0 aliphatic rings. The number of alkyl carbamates (subject to hydrolysis) is 1. The van der Waals surface area contributed by atoms with Crippen molar-refractivity contribution in [1.82, 2.24) is 16.0 Å². The minimum atomic E-state index is -1.24. The molecule has 0 aromatic heterocycles. The van der Waals surface area contributed by atoms with E-state index in [2.05, 4.69) is 20.9 Å². The molecular weight excluding hydrogens is 654 g/mol. The van der Waals surface area contributed by atoms with Gasteiger partial charge in [0.25, 0.3) is 5.91 Å². The predicted octanol–water partition coefficient (Wildman–Crippen LogP) is 2.27. The van der Waals surface area contributed by atoms with E-state index in [-0.39, 0.29) is 44.3 Å². The normalized spacial score (nSPS) is 13.8. The zero-order valence-corrected chi connectivity index (χ0v) is 29.9. The summed E-state index contributed by atoms with van der Waals surface area (Å²) in [7, 11) is 0. The average Bonchev–Trinajstić information content (AvgIpc) is 3.10. The van der Waals surface area contributed by atoms with E-state index >= 15 is 0 Å². The molecule has 4 amide bonds. The maximum Gasteiger partial charge on any atom is 0.408 e. The maximum absolute atomic E-state index is 13.9. The number of carbonyl (C=O) groups is 6. The molecule has 0 aliphatic heterocycles. The van der Waals surface area contributed by atoms with Gasteiger partial charge in [0.2, 0.25) is 17.6 Å². The van der Waals surface area contributed by atoms with E-state index in [1.165, 1.54) is 0 Å². The fourth-order valence-electron chi connectivity index (χ4n) is 5.37. The maximum atomic E-state index is 13.9. The Kier molecular flexibility index (Phi) is 17.9. The first-order valence-corrected chi connectivity index (χ1v) is 17.2. The van der Waals surface area contributed by atoms with Crippen molar-refractivity contribution in [2.75, 3.05) is 6.54 Å². The van der Waals surface area contributed by atoms with Crippen LogP contribution >= 0.6 is 0 Å². The Hall–Kier alpha value is -5.27. The van der Waals surface area contributed by atoms with Crippen molar-refractivity contribution >= 4 is 41.3 Å². The van der Waals surface area contributed by atoms with Crippen molar-refractivity contribution in [3.8, 4) is 0 Å². The Balaban J connectivity index is 2.22. The van der Waals surface area contributed by atoms with Crippen molar-refractivity contribution in [2.45, 2.75) is 91.0 Å². The lowest BCUT2D eigenvalue weighted by atomic mass is 9.87. The number of nitrogens with zero attached hydrogens (tertiary/aromatic N) is 1. The van der Waals surface area contributed by atoms with Gasteiger partial charge in [0.05, 0.1) is 12.1 Å². The summed E-state index contributed by atoms with van der Waals surface area (Å²) < 4.78 is 5.38. The van der Waals surface area contributed by atoms with Crippen molar-refractivity contribution in [3.05, 3.63) is 71.8 Å². The van der Waals surface area contributed by atoms with Gasteiger partial charge in [-0.15, -0.1) is 0 Å². The van der Waals surface area contributed by atoms with Gasteiger partial charge in [-0.1, -0.05) is 94.8 Å². The molecular formula is C37H53N7O7. The standard InChI is InChI=1S/C37H53N7O7/c1-5-24(4)31(32(46)35(49)42-28(33(38)47)17-12-18-41-36(39)40)44-34(48)27(19-23(2)3)21-30(45)29(20-25-13-8-6-9-14-25)43-37(50)51-22-26-15-10-7-11-16-26/h6-11,13-16,23-24,27-29,31H,5,12,17-22H2,1-4H3,(H2,38,47)(H,42,49)(H,43,50)(H,44,48)(H4,39,40,41). The lowest BCUT2D eigenvalue weighted by Gasteiger charge is -2.27. The number of ketones is 2. The zero-order valence-electron chi connectivity index (χ0n) is 29.9. The number of nitrogens with one attached hydrogen (secondary N) is 3. The van der Waals surface area contributed by atoms with Crippen LogP contribution in [0.1, 0.15) is 70.9 Å². The van der Waals surface area contributed by atoms with Gasteiger partial charge in [-0.05, 0) is 48.6 Å². The SMILES string of the molecule is CCC(C)C(NC(=O)C(CC(=O)C(Cc1ccccc1)NC(=O)OCc1ccccc1)CC(C)C)C(=O)C(=O)NC(CCCN=C(N)N)C(N)=O. The number of aliphatic imine (C=N–C) groups is 1. The largest absolute Gasteiger partial charge is 0.445 e. The van der Waals surface area contributed by atoms with Crippen LogP contribution in [0.5, 0.6) is 0 Å². The number of hydrogen-bond acceptors (Lipinski definition) is 8. The highest BCUT2D eigenvalue weighted by molar-refractivity contribution is 6.38. The summed E-state index contributed by atoms with van der Waals surface area (Å²) in [6, 6.07) is 14.8. The van der Waals surface area contributed by atoms with Crippen LogP contribution in [0.25, 0.3) is 0 Å². The number of primary amides is 1. The summed E-state index contributed by atoms with van der Waals surface area (Å²) in [5, 5.41) is 7.77. The number of hydrogen-bond donors (Lipinski definition) is 6. The van der Waals surface area contributed by atoms with Crippen molar-refractivity contribution in [3.63, 3.8) is 0 Å². The highest BCUT2D eigenvalue weighted by Crippen LogP contribution is 2.20. The average molecular weight is 708 g/mol. The number of Topliss-reactive ketones (excluding diaryl/α,β-unsaturated/α-hetero) is 2.